The van der Waals surface area contributed by atoms with Gasteiger partial charge in [0.05, 0.1) is 14.9 Å². The van der Waals surface area contributed by atoms with E-state index in [1.165, 1.54) is 22.7 Å². The van der Waals surface area contributed by atoms with Crippen LogP contribution in [0.1, 0.15) is 15.4 Å². The smallest absolute Gasteiger partial charge is 0.265 e. The van der Waals surface area contributed by atoms with Gasteiger partial charge in [-0.15, -0.1) is 22.7 Å². The van der Waals surface area contributed by atoms with Gasteiger partial charge in [-0.3, -0.25) is 4.79 Å². The second-order valence-corrected chi connectivity index (χ2v) is 9.78. The molecule has 27 heavy (non-hydrogen) atoms. The standard InChI is InChI=1S/C18H16BrClN4OS2/c1-11-16(27-17(22-11)13-3-4-14(20)26-13)18(25)24-8-6-23(7-9-24)15-5-2-12(19)10-21-15/h2-5,10H,6-9H2,1H3. The van der Waals surface area contributed by atoms with Gasteiger partial charge in [-0.25, -0.2) is 9.97 Å². The summed E-state index contributed by atoms with van der Waals surface area (Å²) in [4.78, 5) is 27.8. The zero-order chi connectivity index (χ0) is 19.0. The summed E-state index contributed by atoms with van der Waals surface area (Å²) in [5.74, 6) is 0.999. The van der Waals surface area contributed by atoms with E-state index >= 15 is 0 Å². The van der Waals surface area contributed by atoms with E-state index in [9.17, 15) is 4.79 Å². The summed E-state index contributed by atoms with van der Waals surface area (Å²) in [5.41, 5.74) is 0.779. The third-order valence-corrected chi connectivity index (χ3v) is 7.39. The largest absolute Gasteiger partial charge is 0.353 e. The average molecular weight is 484 g/mol. The molecule has 1 aliphatic heterocycles. The van der Waals surface area contributed by atoms with Gasteiger partial charge in [0.15, 0.2) is 0 Å². The number of halogens is 2. The second-order valence-electron chi connectivity index (χ2n) is 6.15. The lowest BCUT2D eigenvalue weighted by atomic mass is 10.2. The molecule has 9 heteroatoms. The fraction of sp³-hybridized carbons (Fsp3) is 0.278. The highest BCUT2D eigenvalue weighted by Gasteiger charge is 2.26. The fourth-order valence-corrected chi connectivity index (χ4v) is 5.33. The molecule has 0 saturated carbocycles. The van der Waals surface area contributed by atoms with Crippen molar-refractivity contribution in [2.45, 2.75) is 6.92 Å². The molecule has 0 radical (unpaired) electrons. The Hall–Kier alpha value is -1.48. The molecule has 140 valence electrons. The van der Waals surface area contributed by atoms with Crippen LogP contribution in [0.15, 0.2) is 34.9 Å². The van der Waals surface area contributed by atoms with Crippen molar-refractivity contribution in [1.29, 1.82) is 0 Å². The van der Waals surface area contributed by atoms with Gasteiger partial charge in [0, 0.05) is 36.8 Å². The van der Waals surface area contributed by atoms with Crippen LogP contribution in [-0.4, -0.2) is 47.0 Å². The number of rotatable bonds is 3. The number of aryl methyl sites for hydroxylation is 1. The van der Waals surface area contributed by atoms with Gasteiger partial charge in [-0.1, -0.05) is 11.6 Å². The van der Waals surface area contributed by atoms with Crippen molar-refractivity contribution in [3.63, 3.8) is 0 Å². The maximum Gasteiger partial charge on any atom is 0.265 e. The Balaban J connectivity index is 1.45. The van der Waals surface area contributed by atoms with Gasteiger partial charge in [0.2, 0.25) is 0 Å². The van der Waals surface area contributed by atoms with Gasteiger partial charge in [0.1, 0.15) is 15.7 Å². The molecule has 4 rings (SSSR count). The number of nitrogens with zero attached hydrogens (tertiary/aromatic N) is 4. The summed E-state index contributed by atoms with van der Waals surface area (Å²) in [7, 11) is 0. The summed E-state index contributed by atoms with van der Waals surface area (Å²) in [6, 6.07) is 7.78. The number of pyridine rings is 1. The molecule has 5 nitrogen and oxygen atoms in total. The molecule has 0 aromatic carbocycles. The summed E-state index contributed by atoms with van der Waals surface area (Å²) in [5, 5.41) is 0.852. The molecule has 0 aliphatic carbocycles. The summed E-state index contributed by atoms with van der Waals surface area (Å²) in [6.07, 6.45) is 1.80. The average Bonchev–Trinajstić information content (AvgIpc) is 3.28. The molecule has 0 atom stereocenters. The molecule has 3 aromatic rings. The van der Waals surface area contributed by atoms with Crippen molar-refractivity contribution >= 4 is 61.9 Å². The Morgan fingerprint density at radius 1 is 1.15 bits per heavy atom. The molecule has 1 saturated heterocycles. The molecule has 1 fully saturated rings. The first-order valence-electron chi connectivity index (χ1n) is 8.40. The lowest BCUT2D eigenvalue weighted by Gasteiger charge is -2.35. The van der Waals surface area contributed by atoms with Crippen LogP contribution < -0.4 is 4.90 Å². The molecule has 0 spiro atoms. The second kappa shape index (κ2) is 7.87. The van der Waals surface area contributed by atoms with Crippen LogP contribution >= 0.6 is 50.2 Å². The van der Waals surface area contributed by atoms with Gasteiger partial charge in [-0.05, 0) is 47.1 Å². The lowest BCUT2D eigenvalue weighted by Crippen LogP contribution is -2.49. The summed E-state index contributed by atoms with van der Waals surface area (Å²) in [6.45, 7) is 4.78. The first-order valence-corrected chi connectivity index (χ1v) is 11.2. The number of thiazole rings is 1. The van der Waals surface area contributed by atoms with Crippen LogP contribution in [-0.2, 0) is 0 Å². The molecular formula is C18H16BrClN4OS2. The van der Waals surface area contributed by atoms with Gasteiger partial charge in [-0.2, -0.15) is 0 Å². The molecule has 4 heterocycles. The first kappa shape index (κ1) is 18.9. The van der Waals surface area contributed by atoms with E-state index in [4.69, 9.17) is 11.6 Å². The highest BCUT2D eigenvalue weighted by atomic mass is 79.9. The predicted molar refractivity (Wildman–Crippen MR) is 115 cm³/mol. The number of aromatic nitrogens is 2. The van der Waals surface area contributed by atoms with E-state index in [1.54, 1.807) is 6.20 Å². The molecule has 0 N–H and O–H groups in total. The molecule has 0 unspecified atom stereocenters. The zero-order valence-corrected chi connectivity index (χ0v) is 18.5. The summed E-state index contributed by atoms with van der Waals surface area (Å²) >= 11 is 12.4. The van der Waals surface area contributed by atoms with Gasteiger partial charge < -0.3 is 9.80 Å². The summed E-state index contributed by atoms with van der Waals surface area (Å²) < 4.78 is 1.69. The monoisotopic (exact) mass is 482 g/mol. The topological polar surface area (TPSA) is 49.3 Å². The predicted octanol–water partition coefficient (Wildman–Crippen LogP) is 4.95. The Morgan fingerprint density at radius 3 is 2.56 bits per heavy atom. The van der Waals surface area contributed by atoms with E-state index < -0.39 is 0 Å². The van der Waals surface area contributed by atoms with Crippen molar-refractivity contribution in [2.75, 3.05) is 31.1 Å². The van der Waals surface area contributed by atoms with Crippen molar-refractivity contribution in [2.24, 2.45) is 0 Å². The van der Waals surface area contributed by atoms with Crippen molar-refractivity contribution in [1.82, 2.24) is 14.9 Å². The van der Waals surface area contributed by atoms with E-state index in [1.807, 2.05) is 36.1 Å². The molecular weight excluding hydrogens is 468 g/mol. The quantitative estimate of drug-likeness (QED) is 0.529. The van der Waals surface area contributed by atoms with Gasteiger partial charge in [0.25, 0.3) is 5.91 Å². The lowest BCUT2D eigenvalue weighted by molar-refractivity contribution is 0.0750. The normalized spacial score (nSPS) is 14.6. The van der Waals surface area contributed by atoms with E-state index in [-0.39, 0.29) is 5.91 Å². The van der Waals surface area contributed by atoms with Crippen molar-refractivity contribution < 1.29 is 4.79 Å². The van der Waals surface area contributed by atoms with Crippen LogP contribution in [0.25, 0.3) is 9.88 Å². The number of hydrogen-bond donors (Lipinski definition) is 0. The van der Waals surface area contributed by atoms with Crippen molar-refractivity contribution in [3.8, 4) is 9.88 Å². The Kier molecular flexibility index (Phi) is 5.50. The minimum atomic E-state index is 0.0577. The molecule has 3 aromatic heterocycles. The fourth-order valence-electron chi connectivity index (χ4n) is 2.97. The van der Waals surface area contributed by atoms with Crippen LogP contribution in [0.3, 0.4) is 0 Å². The van der Waals surface area contributed by atoms with E-state index in [0.717, 1.165) is 43.3 Å². The Labute approximate surface area is 178 Å². The maximum atomic E-state index is 13.0. The number of anilines is 1. The number of thiophene rings is 1. The van der Waals surface area contributed by atoms with Crippen LogP contribution in [0.2, 0.25) is 4.34 Å². The molecule has 1 amide bonds. The SMILES string of the molecule is Cc1nc(-c2ccc(Cl)s2)sc1C(=O)N1CCN(c2ccc(Br)cn2)CC1. The van der Waals surface area contributed by atoms with Gasteiger partial charge >= 0.3 is 0 Å². The zero-order valence-electron chi connectivity index (χ0n) is 14.5. The number of carbonyl (C=O) groups is 1. The number of carbonyl (C=O) groups excluding carboxylic acids is 1. The third-order valence-electron chi connectivity index (χ3n) is 4.38. The minimum absolute atomic E-state index is 0.0577. The van der Waals surface area contributed by atoms with Crippen molar-refractivity contribution in [3.05, 3.63) is 49.8 Å². The third kappa shape index (κ3) is 4.03. The number of piperazine rings is 1. The minimum Gasteiger partial charge on any atom is -0.353 e. The molecule has 1 aliphatic rings. The van der Waals surface area contributed by atoms with Crippen LogP contribution in [0.4, 0.5) is 5.82 Å². The Morgan fingerprint density at radius 2 is 1.93 bits per heavy atom. The van der Waals surface area contributed by atoms with Crippen LogP contribution in [0, 0.1) is 6.92 Å². The highest BCUT2D eigenvalue weighted by Crippen LogP contribution is 2.35. The van der Waals surface area contributed by atoms with E-state index in [0.29, 0.717) is 18.0 Å². The Bertz CT molecular complexity index is 964. The van der Waals surface area contributed by atoms with Crippen LogP contribution in [0.5, 0.6) is 0 Å². The number of amides is 1. The molecule has 0 bridgehead atoms. The first-order chi connectivity index (χ1) is 13.0. The van der Waals surface area contributed by atoms with E-state index in [2.05, 4.69) is 30.8 Å². The highest BCUT2D eigenvalue weighted by molar-refractivity contribution is 9.10. The maximum absolute atomic E-state index is 13.0. The number of hydrogen-bond acceptors (Lipinski definition) is 6.